The summed E-state index contributed by atoms with van der Waals surface area (Å²) in [5.41, 5.74) is 0.463. The average Bonchev–Trinajstić information content (AvgIpc) is 2.95. The number of carbonyl (C=O) groups excluding carboxylic acids is 2. The maximum atomic E-state index is 12.0. The van der Waals surface area contributed by atoms with Gasteiger partial charge in [0.05, 0.1) is 6.54 Å². The van der Waals surface area contributed by atoms with Crippen molar-refractivity contribution in [1.82, 2.24) is 15.2 Å². The number of rotatable bonds is 1. The van der Waals surface area contributed by atoms with Gasteiger partial charge in [-0.2, -0.15) is 0 Å². The molecule has 2 amide bonds. The van der Waals surface area contributed by atoms with Crippen LogP contribution in [0, 0.1) is 0 Å². The summed E-state index contributed by atoms with van der Waals surface area (Å²) in [4.78, 5) is 33.6. The number of carbonyl (C=O) groups is 2. The molecule has 6 heteroatoms. The Bertz CT molecular complexity index is 569. The molecular weight excluding hydrogens is 244 g/mol. The summed E-state index contributed by atoms with van der Waals surface area (Å²) in [5.74, 6) is -0.186. The van der Waals surface area contributed by atoms with Crippen molar-refractivity contribution in [2.24, 2.45) is 4.99 Å². The Morgan fingerprint density at radius 3 is 3.00 bits per heavy atom. The van der Waals surface area contributed by atoms with Crippen LogP contribution in [0.1, 0.15) is 18.9 Å². The maximum Gasteiger partial charge on any atom is 0.272 e. The number of nitrogens with zero attached hydrogens (tertiary/aromatic N) is 3. The molecule has 1 atom stereocenters. The van der Waals surface area contributed by atoms with Gasteiger partial charge in [-0.15, -0.1) is 0 Å². The first-order chi connectivity index (χ1) is 9.10. The standard InChI is InChI=1S/C13H14N4O2/c1-9(18)17-6-4-13(8-17)15-11(12(19)16-13)10-3-2-5-14-7-10/h2-3,5,7H,4,6,8H2,1H3,(H,16,19). The van der Waals surface area contributed by atoms with Crippen LogP contribution in [-0.2, 0) is 9.59 Å². The van der Waals surface area contributed by atoms with E-state index in [1.807, 2.05) is 6.07 Å². The zero-order valence-corrected chi connectivity index (χ0v) is 10.6. The fraction of sp³-hybridized carbons (Fsp3) is 0.385. The van der Waals surface area contributed by atoms with Gasteiger partial charge < -0.3 is 10.2 Å². The monoisotopic (exact) mass is 258 g/mol. The molecule has 19 heavy (non-hydrogen) atoms. The van der Waals surface area contributed by atoms with Gasteiger partial charge in [0, 0.05) is 37.8 Å². The van der Waals surface area contributed by atoms with E-state index in [0.717, 1.165) is 0 Å². The Kier molecular flexibility index (Phi) is 2.58. The van der Waals surface area contributed by atoms with Crippen LogP contribution in [0.15, 0.2) is 29.5 Å². The normalized spacial score (nSPS) is 25.6. The molecule has 1 N–H and O–H groups in total. The molecule has 1 fully saturated rings. The van der Waals surface area contributed by atoms with Crippen molar-refractivity contribution in [2.45, 2.75) is 19.0 Å². The van der Waals surface area contributed by atoms with Crippen molar-refractivity contribution in [2.75, 3.05) is 13.1 Å². The van der Waals surface area contributed by atoms with E-state index in [-0.39, 0.29) is 11.8 Å². The highest BCUT2D eigenvalue weighted by Crippen LogP contribution is 2.27. The van der Waals surface area contributed by atoms with Gasteiger partial charge in [-0.1, -0.05) is 0 Å². The smallest absolute Gasteiger partial charge is 0.272 e. The SMILES string of the molecule is CC(=O)N1CCC2(C1)N=C(c1cccnc1)C(=O)N2. The fourth-order valence-electron chi connectivity index (χ4n) is 2.52. The van der Waals surface area contributed by atoms with E-state index in [0.29, 0.717) is 30.8 Å². The second-order valence-corrected chi connectivity index (χ2v) is 4.88. The van der Waals surface area contributed by atoms with Crippen LogP contribution in [0.5, 0.6) is 0 Å². The van der Waals surface area contributed by atoms with E-state index >= 15 is 0 Å². The molecule has 2 aliphatic rings. The van der Waals surface area contributed by atoms with Crippen LogP contribution in [-0.4, -0.2) is 46.2 Å². The van der Waals surface area contributed by atoms with Crippen LogP contribution in [0.25, 0.3) is 0 Å². The Hall–Kier alpha value is -2.24. The molecule has 1 aromatic heterocycles. The molecule has 3 rings (SSSR count). The second-order valence-electron chi connectivity index (χ2n) is 4.88. The summed E-state index contributed by atoms with van der Waals surface area (Å²) in [7, 11) is 0. The van der Waals surface area contributed by atoms with E-state index < -0.39 is 5.66 Å². The zero-order chi connectivity index (χ0) is 13.5. The predicted octanol–water partition coefficient (Wildman–Crippen LogP) is -0.0510. The van der Waals surface area contributed by atoms with E-state index in [2.05, 4.69) is 15.3 Å². The lowest BCUT2D eigenvalue weighted by atomic mass is 10.1. The third kappa shape index (κ3) is 1.99. The summed E-state index contributed by atoms with van der Waals surface area (Å²) >= 11 is 0. The van der Waals surface area contributed by atoms with Crippen LogP contribution >= 0.6 is 0 Å². The minimum atomic E-state index is -0.645. The van der Waals surface area contributed by atoms with Crippen molar-refractivity contribution in [3.63, 3.8) is 0 Å². The summed E-state index contributed by atoms with van der Waals surface area (Å²) in [5, 5.41) is 2.90. The second kappa shape index (κ2) is 4.15. The summed E-state index contributed by atoms with van der Waals surface area (Å²) < 4.78 is 0. The number of hydrogen-bond acceptors (Lipinski definition) is 4. The van der Waals surface area contributed by atoms with E-state index in [9.17, 15) is 9.59 Å². The highest BCUT2D eigenvalue weighted by molar-refractivity contribution is 6.46. The molecular formula is C13H14N4O2. The van der Waals surface area contributed by atoms with Gasteiger partial charge >= 0.3 is 0 Å². The summed E-state index contributed by atoms with van der Waals surface area (Å²) in [6.45, 7) is 2.60. The van der Waals surface area contributed by atoms with Crippen LogP contribution in [0.3, 0.4) is 0 Å². The Balaban J connectivity index is 1.90. The highest BCUT2D eigenvalue weighted by Gasteiger charge is 2.45. The minimum absolute atomic E-state index is 0.0103. The molecule has 2 aliphatic heterocycles. The van der Waals surface area contributed by atoms with Gasteiger partial charge in [-0.3, -0.25) is 14.6 Å². The first-order valence-electron chi connectivity index (χ1n) is 6.18. The van der Waals surface area contributed by atoms with Crippen molar-refractivity contribution in [3.05, 3.63) is 30.1 Å². The average molecular weight is 258 g/mol. The topological polar surface area (TPSA) is 74.7 Å². The molecule has 0 saturated carbocycles. The summed E-state index contributed by atoms with van der Waals surface area (Å²) in [6.07, 6.45) is 3.93. The van der Waals surface area contributed by atoms with Crippen molar-refractivity contribution in [3.8, 4) is 0 Å². The maximum absolute atomic E-state index is 12.0. The van der Waals surface area contributed by atoms with Gasteiger partial charge in [-0.05, 0) is 12.1 Å². The molecule has 0 aliphatic carbocycles. The molecule has 98 valence electrons. The van der Waals surface area contributed by atoms with Crippen LogP contribution in [0.4, 0.5) is 0 Å². The summed E-state index contributed by atoms with van der Waals surface area (Å²) in [6, 6.07) is 3.58. The quantitative estimate of drug-likeness (QED) is 0.767. The molecule has 3 heterocycles. The van der Waals surface area contributed by atoms with Crippen molar-refractivity contribution >= 4 is 17.5 Å². The largest absolute Gasteiger partial charge is 0.338 e. The van der Waals surface area contributed by atoms with E-state index in [1.165, 1.54) is 6.92 Å². The molecule has 0 bridgehead atoms. The first kappa shape index (κ1) is 11.8. The lowest BCUT2D eigenvalue weighted by molar-refractivity contribution is -0.128. The van der Waals surface area contributed by atoms with Crippen molar-refractivity contribution in [1.29, 1.82) is 0 Å². The molecule has 1 saturated heterocycles. The number of hydrogen-bond donors (Lipinski definition) is 1. The molecule has 1 aromatic rings. The number of pyridine rings is 1. The number of nitrogens with one attached hydrogen (secondary N) is 1. The zero-order valence-electron chi connectivity index (χ0n) is 10.6. The molecule has 0 aromatic carbocycles. The lowest BCUT2D eigenvalue weighted by Gasteiger charge is -2.20. The van der Waals surface area contributed by atoms with Gasteiger partial charge in [0.25, 0.3) is 5.91 Å². The van der Waals surface area contributed by atoms with Crippen LogP contribution in [0.2, 0.25) is 0 Å². The molecule has 1 unspecified atom stereocenters. The molecule has 1 spiro atoms. The Morgan fingerprint density at radius 2 is 2.37 bits per heavy atom. The number of likely N-dealkylation sites (tertiary alicyclic amines) is 1. The number of aromatic nitrogens is 1. The number of amides is 2. The third-order valence-corrected chi connectivity index (χ3v) is 3.52. The van der Waals surface area contributed by atoms with E-state index in [1.54, 1.807) is 23.4 Å². The minimum Gasteiger partial charge on any atom is -0.338 e. The Morgan fingerprint density at radius 1 is 1.53 bits per heavy atom. The first-order valence-corrected chi connectivity index (χ1v) is 6.18. The fourth-order valence-corrected chi connectivity index (χ4v) is 2.52. The highest BCUT2D eigenvalue weighted by atomic mass is 16.2. The van der Waals surface area contributed by atoms with Gasteiger partial charge in [0.15, 0.2) is 5.66 Å². The molecule has 0 radical (unpaired) electrons. The van der Waals surface area contributed by atoms with Crippen molar-refractivity contribution < 1.29 is 9.59 Å². The Labute approximate surface area is 110 Å². The number of aliphatic imine (C=N–C) groups is 1. The predicted molar refractivity (Wildman–Crippen MR) is 68.5 cm³/mol. The van der Waals surface area contributed by atoms with Gasteiger partial charge in [-0.25, -0.2) is 4.99 Å². The molecule has 6 nitrogen and oxygen atoms in total. The lowest BCUT2D eigenvalue weighted by Crippen LogP contribution is -2.45. The van der Waals surface area contributed by atoms with Gasteiger partial charge in [0.2, 0.25) is 5.91 Å². The van der Waals surface area contributed by atoms with E-state index in [4.69, 9.17) is 0 Å². The van der Waals surface area contributed by atoms with Gasteiger partial charge in [0.1, 0.15) is 5.71 Å². The third-order valence-electron chi connectivity index (χ3n) is 3.52. The van der Waals surface area contributed by atoms with Crippen LogP contribution < -0.4 is 5.32 Å².